The van der Waals surface area contributed by atoms with Gasteiger partial charge in [-0.25, -0.2) is 9.97 Å². The van der Waals surface area contributed by atoms with E-state index in [2.05, 4.69) is 157 Å². The van der Waals surface area contributed by atoms with Gasteiger partial charge in [-0.3, -0.25) is 4.98 Å². The summed E-state index contributed by atoms with van der Waals surface area (Å²) in [5.74, 6) is 0.695. The summed E-state index contributed by atoms with van der Waals surface area (Å²) in [6.07, 6.45) is 3.67. The molecule has 52 heavy (non-hydrogen) atoms. The van der Waals surface area contributed by atoms with Gasteiger partial charge in [0, 0.05) is 29.1 Å². The van der Waals surface area contributed by atoms with Gasteiger partial charge in [0.15, 0.2) is 5.82 Å². The van der Waals surface area contributed by atoms with Crippen molar-refractivity contribution in [2.75, 3.05) is 0 Å². The van der Waals surface area contributed by atoms with Gasteiger partial charge in [0.1, 0.15) is 0 Å². The molecule has 3 nitrogen and oxygen atoms in total. The van der Waals surface area contributed by atoms with Crippen molar-refractivity contribution < 1.29 is 0 Å². The van der Waals surface area contributed by atoms with Crippen LogP contribution in [0.1, 0.15) is 0 Å². The van der Waals surface area contributed by atoms with Crippen LogP contribution < -0.4 is 0 Å². The van der Waals surface area contributed by atoms with Crippen LogP contribution in [-0.2, 0) is 0 Å². The molecule has 0 saturated heterocycles. The van der Waals surface area contributed by atoms with Crippen LogP contribution in [0.3, 0.4) is 0 Å². The van der Waals surface area contributed by atoms with Gasteiger partial charge in [-0.05, 0) is 78.5 Å². The summed E-state index contributed by atoms with van der Waals surface area (Å²) in [6, 6.07) is 62.5. The third kappa shape index (κ3) is 5.19. The smallest absolute Gasteiger partial charge is 0.160 e. The number of pyridine rings is 1. The molecule has 0 saturated carbocycles. The maximum Gasteiger partial charge on any atom is 0.160 e. The van der Waals surface area contributed by atoms with Gasteiger partial charge in [-0.1, -0.05) is 164 Å². The normalized spacial score (nSPS) is 11.5. The average molecular weight is 662 g/mol. The fourth-order valence-corrected chi connectivity index (χ4v) is 7.56. The zero-order chi connectivity index (χ0) is 34.4. The minimum Gasteiger partial charge on any atom is -0.264 e. The standard InChI is InChI=1S/C49H31N3/c1-2-8-36(9-3-1)46-30-47(52-49(51-46)38-25-19-34(20-26-38)39-10-7-29-50-31-39)37-23-17-33(18-24-37)32-15-21-35(22-16-32)40-27-28-45-42-12-5-4-11-41(42)44-14-6-13-43(40)48(44)45/h1-31H. The lowest BCUT2D eigenvalue weighted by Crippen LogP contribution is -1.96. The summed E-state index contributed by atoms with van der Waals surface area (Å²) in [5, 5.41) is 2.65. The summed E-state index contributed by atoms with van der Waals surface area (Å²) in [5.41, 5.74) is 17.1. The SMILES string of the molecule is c1ccc(-c2cc(-c3ccc(-c4ccc(-c5ccc6c7c(cccc57)-c5ccccc5-6)cc4)cc3)nc(-c3ccc(-c4cccnc4)cc3)n2)cc1. The molecule has 10 rings (SSSR count). The Hall–Kier alpha value is -6.97. The number of hydrogen-bond acceptors (Lipinski definition) is 3. The fraction of sp³-hybridized carbons (Fsp3) is 0. The molecule has 2 aromatic heterocycles. The Morgan fingerprint density at radius 2 is 0.808 bits per heavy atom. The number of benzene rings is 7. The van der Waals surface area contributed by atoms with Crippen LogP contribution in [0, 0.1) is 0 Å². The minimum atomic E-state index is 0.695. The molecular formula is C49H31N3. The van der Waals surface area contributed by atoms with Gasteiger partial charge in [-0.2, -0.15) is 0 Å². The molecule has 3 heteroatoms. The molecule has 1 aliphatic carbocycles. The Kier molecular flexibility index (Phi) is 7.14. The van der Waals surface area contributed by atoms with E-state index in [9.17, 15) is 0 Å². The third-order valence-corrected chi connectivity index (χ3v) is 10.2. The molecular weight excluding hydrogens is 631 g/mol. The van der Waals surface area contributed by atoms with Crippen molar-refractivity contribution in [3.63, 3.8) is 0 Å². The van der Waals surface area contributed by atoms with E-state index in [-0.39, 0.29) is 0 Å². The van der Waals surface area contributed by atoms with Gasteiger partial charge < -0.3 is 0 Å². The first-order valence-electron chi connectivity index (χ1n) is 17.6. The second-order valence-electron chi connectivity index (χ2n) is 13.2. The highest BCUT2D eigenvalue weighted by Crippen LogP contribution is 2.49. The molecule has 2 heterocycles. The molecule has 0 unspecified atom stereocenters. The number of hydrogen-bond donors (Lipinski definition) is 0. The Bertz CT molecular complexity index is 2710. The summed E-state index contributed by atoms with van der Waals surface area (Å²) < 4.78 is 0. The van der Waals surface area contributed by atoms with Crippen molar-refractivity contribution in [3.8, 4) is 89.5 Å². The molecule has 0 amide bonds. The number of aromatic nitrogens is 3. The maximum absolute atomic E-state index is 5.08. The van der Waals surface area contributed by atoms with Crippen LogP contribution in [0.5, 0.6) is 0 Å². The topological polar surface area (TPSA) is 38.7 Å². The van der Waals surface area contributed by atoms with E-state index < -0.39 is 0 Å². The molecule has 242 valence electrons. The predicted octanol–water partition coefficient (Wildman–Crippen LogP) is 12.7. The van der Waals surface area contributed by atoms with Gasteiger partial charge in [0.2, 0.25) is 0 Å². The average Bonchev–Trinajstić information content (AvgIpc) is 3.56. The van der Waals surface area contributed by atoms with E-state index in [0.717, 1.165) is 44.8 Å². The molecule has 0 fully saturated rings. The summed E-state index contributed by atoms with van der Waals surface area (Å²) in [6.45, 7) is 0. The molecule has 0 atom stereocenters. The molecule has 0 radical (unpaired) electrons. The Labute approximate surface area is 302 Å². The second-order valence-corrected chi connectivity index (χ2v) is 13.2. The third-order valence-electron chi connectivity index (χ3n) is 10.2. The van der Waals surface area contributed by atoms with E-state index >= 15 is 0 Å². The zero-order valence-corrected chi connectivity index (χ0v) is 28.2. The van der Waals surface area contributed by atoms with Crippen LogP contribution in [0.4, 0.5) is 0 Å². The second kappa shape index (κ2) is 12.4. The van der Waals surface area contributed by atoms with E-state index in [4.69, 9.17) is 9.97 Å². The molecule has 0 spiro atoms. The van der Waals surface area contributed by atoms with Gasteiger partial charge >= 0.3 is 0 Å². The maximum atomic E-state index is 5.08. The Balaban J connectivity index is 0.966. The van der Waals surface area contributed by atoms with Crippen molar-refractivity contribution >= 4 is 10.8 Å². The first-order chi connectivity index (χ1) is 25.8. The van der Waals surface area contributed by atoms with Crippen molar-refractivity contribution in [3.05, 3.63) is 188 Å². The van der Waals surface area contributed by atoms with Crippen LogP contribution in [0.25, 0.3) is 100 Å². The van der Waals surface area contributed by atoms with E-state index in [1.807, 2.05) is 30.5 Å². The van der Waals surface area contributed by atoms with Gasteiger partial charge in [0.25, 0.3) is 0 Å². The summed E-state index contributed by atoms with van der Waals surface area (Å²) in [7, 11) is 0. The lowest BCUT2D eigenvalue weighted by atomic mass is 9.93. The lowest BCUT2D eigenvalue weighted by Gasteiger charge is -2.12. The highest BCUT2D eigenvalue weighted by atomic mass is 14.9. The Morgan fingerprint density at radius 1 is 0.308 bits per heavy atom. The Morgan fingerprint density at radius 3 is 1.46 bits per heavy atom. The first kappa shape index (κ1) is 29.9. The lowest BCUT2D eigenvalue weighted by molar-refractivity contribution is 1.18. The van der Waals surface area contributed by atoms with E-state index in [1.165, 1.54) is 49.7 Å². The van der Waals surface area contributed by atoms with Crippen molar-refractivity contribution in [1.82, 2.24) is 15.0 Å². The fourth-order valence-electron chi connectivity index (χ4n) is 7.56. The molecule has 7 aromatic carbocycles. The molecule has 0 aliphatic heterocycles. The predicted molar refractivity (Wildman–Crippen MR) is 214 cm³/mol. The van der Waals surface area contributed by atoms with Crippen LogP contribution in [0.2, 0.25) is 0 Å². The number of nitrogens with zero attached hydrogens (tertiary/aromatic N) is 3. The van der Waals surface area contributed by atoms with E-state index in [0.29, 0.717) is 5.82 Å². The number of fused-ring (bicyclic) bond motifs is 3. The quantitative estimate of drug-likeness (QED) is 0.178. The van der Waals surface area contributed by atoms with Gasteiger partial charge in [-0.15, -0.1) is 0 Å². The highest BCUT2D eigenvalue weighted by molar-refractivity contribution is 6.18. The van der Waals surface area contributed by atoms with Crippen LogP contribution in [0.15, 0.2) is 188 Å². The number of rotatable bonds is 6. The molecule has 0 N–H and O–H groups in total. The molecule has 9 aromatic rings. The molecule has 0 bridgehead atoms. The van der Waals surface area contributed by atoms with Crippen LogP contribution in [-0.4, -0.2) is 15.0 Å². The van der Waals surface area contributed by atoms with Crippen molar-refractivity contribution in [2.45, 2.75) is 0 Å². The van der Waals surface area contributed by atoms with Crippen molar-refractivity contribution in [1.29, 1.82) is 0 Å². The highest BCUT2D eigenvalue weighted by Gasteiger charge is 2.22. The van der Waals surface area contributed by atoms with E-state index in [1.54, 1.807) is 6.20 Å². The zero-order valence-electron chi connectivity index (χ0n) is 28.2. The monoisotopic (exact) mass is 661 g/mol. The van der Waals surface area contributed by atoms with Gasteiger partial charge in [0.05, 0.1) is 11.4 Å². The summed E-state index contributed by atoms with van der Waals surface area (Å²) >= 11 is 0. The molecule has 1 aliphatic rings. The van der Waals surface area contributed by atoms with Crippen LogP contribution >= 0.6 is 0 Å². The summed E-state index contributed by atoms with van der Waals surface area (Å²) in [4.78, 5) is 14.4. The first-order valence-corrected chi connectivity index (χ1v) is 17.6. The van der Waals surface area contributed by atoms with Crippen molar-refractivity contribution in [2.24, 2.45) is 0 Å². The minimum absolute atomic E-state index is 0.695. The largest absolute Gasteiger partial charge is 0.264 e.